The van der Waals surface area contributed by atoms with Crippen LogP contribution in [-0.2, 0) is 0 Å². The zero-order chi connectivity index (χ0) is 13.7. The number of aliphatic hydroxyl groups is 1. The van der Waals surface area contributed by atoms with Gasteiger partial charge in [-0.25, -0.2) is 13.8 Å². The Bertz CT molecular complexity index is 432. The van der Waals surface area contributed by atoms with E-state index in [2.05, 4.69) is 4.98 Å². The van der Waals surface area contributed by atoms with Crippen LogP contribution in [0, 0.1) is 0 Å². The molecule has 1 aromatic rings. The van der Waals surface area contributed by atoms with E-state index in [0.717, 1.165) is 11.1 Å². The Morgan fingerprint density at radius 3 is 2.78 bits per heavy atom. The molecule has 0 aromatic carbocycles. The summed E-state index contributed by atoms with van der Waals surface area (Å²) in [6.45, 7) is -1.36. The predicted molar refractivity (Wildman–Crippen MR) is 62.7 cm³/mol. The van der Waals surface area contributed by atoms with Crippen molar-refractivity contribution in [2.45, 2.75) is 6.43 Å². The monoisotopic (exact) mass is 279 g/mol. The molecule has 0 aliphatic carbocycles. The normalized spacial score (nSPS) is 10.7. The topological polar surface area (TPSA) is 79.5 Å². The molecule has 1 aromatic heterocycles. The van der Waals surface area contributed by atoms with E-state index in [1.807, 2.05) is 0 Å². The molecule has 0 unspecified atom stereocenters. The largest absolute Gasteiger partial charge is 0.395 e. The van der Waals surface area contributed by atoms with Crippen molar-refractivity contribution >= 4 is 23.3 Å². The molecule has 8 heteroatoms. The molecule has 5 nitrogen and oxygen atoms in total. The maximum atomic E-state index is 12.3. The molecule has 0 fully saturated rings. The average molecular weight is 280 g/mol. The minimum absolute atomic E-state index is 0.0447. The lowest BCUT2D eigenvalue weighted by Gasteiger charge is -2.21. The number of alkyl halides is 2. The number of amides is 1. The van der Waals surface area contributed by atoms with Crippen molar-refractivity contribution in [2.75, 3.05) is 25.4 Å². The maximum Gasteiger partial charge on any atom is 0.255 e. The van der Waals surface area contributed by atoms with Gasteiger partial charge >= 0.3 is 0 Å². The summed E-state index contributed by atoms with van der Waals surface area (Å²) in [7, 11) is 0. The van der Waals surface area contributed by atoms with Crippen molar-refractivity contribution in [3.63, 3.8) is 0 Å². The Morgan fingerprint density at radius 2 is 2.28 bits per heavy atom. The van der Waals surface area contributed by atoms with E-state index >= 15 is 0 Å². The van der Waals surface area contributed by atoms with Crippen molar-refractivity contribution in [2.24, 2.45) is 0 Å². The first-order valence-corrected chi connectivity index (χ1v) is 5.42. The molecule has 18 heavy (non-hydrogen) atoms. The molecular formula is C10H12ClF2N3O2. The van der Waals surface area contributed by atoms with Crippen LogP contribution in [0.3, 0.4) is 0 Å². The van der Waals surface area contributed by atoms with E-state index in [4.69, 9.17) is 22.4 Å². The zero-order valence-corrected chi connectivity index (χ0v) is 10.1. The van der Waals surface area contributed by atoms with Crippen molar-refractivity contribution in [3.8, 4) is 0 Å². The SMILES string of the molecule is Nc1ncc(C(=O)N(CCO)CC(F)F)cc1Cl. The van der Waals surface area contributed by atoms with Gasteiger partial charge in [0.2, 0.25) is 0 Å². The number of nitrogens with two attached hydrogens (primary N) is 1. The van der Waals surface area contributed by atoms with Gasteiger partial charge in [-0.15, -0.1) is 0 Å². The van der Waals surface area contributed by atoms with Gasteiger partial charge in [0.1, 0.15) is 5.82 Å². The van der Waals surface area contributed by atoms with Gasteiger partial charge in [0.05, 0.1) is 23.7 Å². The van der Waals surface area contributed by atoms with Gasteiger partial charge in [0.25, 0.3) is 12.3 Å². The van der Waals surface area contributed by atoms with E-state index < -0.39 is 25.5 Å². The van der Waals surface area contributed by atoms with Crippen LogP contribution in [0.15, 0.2) is 12.3 Å². The van der Waals surface area contributed by atoms with Gasteiger partial charge in [-0.1, -0.05) is 11.6 Å². The van der Waals surface area contributed by atoms with Crippen LogP contribution >= 0.6 is 11.6 Å². The number of pyridine rings is 1. The molecule has 0 saturated heterocycles. The number of hydrogen-bond donors (Lipinski definition) is 2. The lowest BCUT2D eigenvalue weighted by Crippen LogP contribution is -2.37. The molecule has 0 bridgehead atoms. The fourth-order valence-electron chi connectivity index (χ4n) is 1.31. The van der Waals surface area contributed by atoms with Crippen LogP contribution in [0.5, 0.6) is 0 Å². The van der Waals surface area contributed by atoms with Crippen molar-refractivity contribution in [3.05, 3.63) is 22.8 Å². The van der Waals surface area contributed by atoms with E-state index in [1.165, 1.54) is 6.07 Å². The second-order valence-corrected chi connectivity index (χ2v) is 3.86. The number of carbonyl (C=O) groups excluding carboxylic acids is 1. The van der Waals surface area contributed by atoms with Crippen LogP contribution in [0.2, 0.25) is 5.02 Å². The summed E-state index contributed by atoms with van der Waals surface area (Å²) in [6, 6.07) is 1.25. The molecule has 100 valence electrons. The third-order valence-corrected chi connectivity index (χ3v) is 2.43. The minimum atomic E-state index is -2.68. The molecule has 0 saturated carbocycles. The molecule has 0 atom stereocenters. The highest BCUT2D eigenvalue weighted by atomic mass is 35.5. The highest BCUT2D eigenvalue weighted by Crippen LogP contribution is 2.18. The molecule has 0 aliphatic rings. The van der Waals surface area contributed by atoms with Gasteiger partial charge < -0.3 is 15.7 Å². The quantitative estimate of drug-likeness (QED) is 0.843. The third-order valence-electron chi connectivity index (χ3n) is 2.13. The summed E-state index contributed by atoms with van der Waals surface area (Å²) in [5.74, 6) is -0.630. The number of nitrogens with zero attached hydrogens (tertiary/aromatic N) is 2. The Balaban J connectivity index is 2.90. The van der Waals surface area contributed by atoms with Gasteiger partial charge in [-0.2, -0.15) is 0 Å². The summed E-state index contributed by atoms with van der Waals surface area (Å²) in [4.78, 5) is 16.4. The fourth-order valence-corrected chi connectivity index (χ4v) is 1.48. The minimum Gasteiger partial charge on any atom is -0.395 e. The Kier molecular flexibility index (Phi) is 5.24. The number of aliphatic hydroxyl groups excluding tert-OH is 1. The van der Waals surface area contributed by atoms with Crippen molar-refractivity contribution in [1.82, 2.24) is 9.88 Å². The molecule has 0 aliphatic heterocycles. The molecular weight excluding hydrogens is 268 g/mol. The Morgan fingerprint density at radius 1 is 1.61 bits per heavy atom. The summed E-state index contributed by atoms with van der Waals surface area (Å²) < 4.78 is 24.6. The molecule has 0 radical (unpaired) electrons. The van der Waals surface area contributed by atoms with E-state index in [-0.39, 0.29) is 22.9 Å². The average Bonchev–Trinajstić information content (AvgIpc) is 2.31. The molecule has 1 amide bonds. The second kappa shape index (κ2) is 6.46. The number of hydrogen-bond acceptors (Lipinski definition) is 4. The second-order valence-electron chi connectivity index (χ2n) is 3.46. The van der Waals surface area contributed by atoms with Gasteiger partial charge in [0.15, 0.2) is 0 Å². The van der Waals surface area contributed by atoms with Crippen LogP contribution in [0.1, 0.15) is 10.4 Å². The third kappa shape index (κ3) is 3.78. The number of anilines is 1. The van der Waals surface area contributed by atoms with Crippen LogP contribution in [0.4, 0.5) is 14.6 Å². The molecule has 0 spiro atoms. The number of nitrogen functional groups attached to an aromatic ring is 1. The molecule has 3 N–H and O–H groups in total. The predicted octanol–water partition coefficient (Wildman–Crippen LogP) is 1.02. The Hall–Kier alpha value is -1.47. The summed E-state index contributed by atoms with van der Waals surface area (Å²) in [6.07, 6.45) is -1.53. The summed E-state index contributed by atoms with van der Waals surface area (Å²) in [5.41, 5.74) is 5.42. The van der Waals surface area contributed by atoms with Gasteiger partial charge in [0, 0.05) is 12.7 Å². The lowest BCUT2D eigenvalue weighted by atomic mass is 10.2. The smallest absolute Gasteiger partial charge is 0.255 e. The van der Waals surface area contributed by atoms with Crippen molar-refractivity contribution < 1.29 is 18.7 Å². The van der Waals surface area contributed by atoms with Gasteiger partial charge in [-0.05, 0) is 6.07 Å². The fraction of sp³-hybridized carbons (Fsp3) is 0.400. The van der Waals surface area contributed by atoms with Crippen LogP contribution < -0.4 is 5.73 Å². The van der Waals surface area contributed by atoms with E-state index in [0.29, 0.717) is 0 Å². The lowest BCUT2D eigenvalue weighted by molar-refractivity contribution is 0.0509. The highest BCUT2D eigenvalue weighted by molar-refractivity contribution is 6.33. The van der Waals surface area contributed by atoms with Crippen LogP contribution in [0.25, 0.3) is 0 Å². The first-order chi connectivity index (χ1) is 8.45. The number of aromatic nitrogens is 1. The first kappa shape index (κ1) is 14.6. The number of carbonyl (C=O) groups is 1. The van der Waals surface area contributed by atoms with Crippen LogP contribution in [-0.4, -0.2) is 47.0 Å². The highest BCUT2D eigenvalue weighted by Gasteiger charge is 2.20. The van der Waals surface area contributed by atoms with Gasteiger partial charge in [-0.3, -0.25) is 4.79 Å². The van der Waals surface area contributed by atoms with E-state index in [1.54, 1.807) is 0 Å². The molecule has 1 rings (SSSR count). The zero-order valence-electron chi connectivity index (χ0n) is 9.31. The summed E-state index contributed by atoms with van der Waals surface area (Å²) in [5, 5.41) is 8.81. The summed E-state index contributed by atoms with van der Waals surface area (Å²) >= 11 is 5.69. The van der Waals surface area contributed by atoms with E-state index in [9.17, 15) is 13.6 Å². The number of rotatable bonds is 5. The molecule has 1 heterocycles. The first-order valence-electron chi connectivity index (χ1n) is 5.05. The Labute approximate surface area is 107 Å². The standard InChI is InChI=1S/C10H12ClF2N3O2/c11-7-3-6(4-15-9(7)14)10(18)16(1-2-17)5-8(12)13/h3-4,8,17H,1-2,5H2,(H2,14,15). The maximum absolute atomic E-state index is 12.3. The van der Waals surface area contributed by atoms with Crippen molar-refractivity contribution in [1.29, 1.82) is 0 Å². The number of halogens is 3.